The standard InChI is InChI=1S/C23H18N2O3/c26-23(19-9-5-2-6-10-19)22(18-7-3-1-4-8-18)25-24-16-17-11-12-20-21(15-17)28-14-13-27-20/h1-12,15-16H,13-14H2/b24-16+,25-22+. The molecule has 0 unspecified atom stereocenters. The molecule has 138 valence electrons. The van der Waals surface area contributed by atoms with Gasteiger partial charge in [0.15, 0.2) is 11.5 Å². The van der Waals surface area contributed by atoms with Crippen molar-refractivity contribution in [3.63, 3.8) is 0 Å². The van der Waals surface area contributed by atoms with Crippen LogP contribution in [0.5, 0.6) is 11.5 Å². The highest BCUT2D eigenvalue weighted by molar-refractivity contribution is 6.51. The number of ether oxygens (including phenoxy) is 2. The summed E-state index contributed by atoms with van der Waals surface area (Å²) in [6.07, 6.45) is 1.60. The smallest absolute Gasteiger partial charge is 0.213 e. The molecule has 0 aliphatic carbocycles. The van der Waals surface area contributed by atoms with Gasteiger partial charge in [-0.25, -0.2) is 0 Å². The highest BCUT2D eigenvalue weighted by Crippen LogP contribution is 2.30. The first kappa shape index (κ1) is 17.7. The first-order valence-electron chi connectivity index (χ1n) is 8.97. The van der Waals surface area contributed by atoms with Gasteiger partial charge in [-0.1, -0.05) is 60.7 Å². The lowest BCUT2D eigenvalue weighted by Gasteiger charge is -2.18. The Morgan fingerprint density at radius 1 is 0.786 bits per heavy atom. The molecule has 28 heavy (non-hydrogen) atoms. The first-order chi connectivity index (χ1) is 13.8. The van der Waals surface area contributed by atoms with Crippen LogP contribution in [0.4, 0.5) is 0 Å². The van der Waals surface area contributed by atoms with Crippen molar-refractivity contribution in [1.82, 2.24) is 0 Å². The van der Waals surface area contributed by atoms with Crippen LogP contribution in [0, 0.1) is 0 Å². The maximum absolute atomic E-state index is 12.9. The topological polar surface area (TPSA) is 60.2 Å². The van der Waals surface area contributed by atoms with Crippen molar-refractivity contribution in [3.8, 4) is 11.5 Å². The first-order valence-corrected chi connectivity index (χ1v) is 8.97. The molecule has 0 bridgehead atoms. The van der Waals surface area contributed by atoms with Crippen molar-refractivity contribution >= 4 is 17.7 Å². The minimum atomic E-state index is -0.175. The molecule has 5 heteroatoms. The zero-order valence-corrected chi connectivity index (χ0v) is 15.1. The summed E-state index contributed by atoms with van der Waals surface area (Å²) in [5.41, 5.74) is 2.39. The van der Waals surface area contributed by atoms with Gasteiger partial charge in [-0.3, -0.25) is 4.79 Å². The maximum atomic E-state index is 12.9. The molecule has 0 radical (unpaired) electrons. The highest BCUT2D eigenvalue weighted by atomic mass is 16.6. The molecule has 0 spiro atoms. The van der Waals surface area contributed by atoms with E-state index in [1.54, 1.807) is 18.3 Å². The predicted molar refractivity (Wildman–Crippen MR) is 109 cm³/mol. The van der Waals surface area contributed by atoms with Crippen LogP contribution >= 0.6 is 0 Å². The zero-order chi connectivity index (χ0) is 19.2. The third-order valence-electron chi connectivity index (χ3n) is 4.23. The molecule has 1 heterocycles. The minimum Gasteiger partial charge on any atom is -0.486 e. The fourth-order valence-corrected chi connectivity index (χ4v) is 2.85. The SMILES string of the molecule is O=C(/C(=N/N=C/c1ccc2c(c1)OCCO2)c1ccccc1)c1ccccc1. The van der Waals surface area contributed by atoms with Gasteiger partial charge in [0.2, 0.25) is 5.78 Å². The lowest BCUT2D eigenvalue weighted by Crippen LogP contribution is -2.15. The number of rotatable bonds is 5. The molecule has 3 aromatic rings. The van der Waals surface area contributed by atoms with Crippen LogP contribution in [-0.4, -0.2) is 30.9 Å². The number of fused-ring (bicyclic) bond motifs is 1. The fourth-order valence-electron chi connectivity index (χ4n) is 2.85. The number of carbonyl (C=O) groups excluding carboxylic acids is 1. The summed E-state index contributed by atoms with van der Waals surface area (Å²) < 4.78 is 11.1. The summed E-state index contributed by atoms with van der Waals surface area (Å²) in [4.78, 5) is 12.9. The van der Waals surface area contributed by atoms with E-state index in [1.165, 1.54) is 0 Å². The zero-order valence-electron chi connectivity index (χ0n) is 15.1. The van der Waals surface area contributed by atoms with Crippen LogP contribution < -0.4 is 9.47 Å². The van der Waals surface area contributed by atoms with E-state index in [9.17, 15) is 4.79 Å². The second-order valence-corrected chi connectivity index (χ2v) is 6.16. The quantitative estimate of drug-likeness (QED) is 0.385. The van der Waals surface area contributed by atoms with Crippen molar-refractivity contribution in [1.29, 1.82) is 0 Å². The molecule has 0 N–H and O–H groups in total. The molecule has 4 rings (SSSR count). The van der Waals surface area contributed by atoms with Crippen LogP contribution in [0.25, 0.3) is 0 Å². The van der Waals surface area contributed by atoms with Gasteiger partial charge >= 0.3 is 0 Å². The van der Waals surface area contributed by atoms with Crippen LogP contribution in [0.2, 0.25) is 0 Å². The minimum absolute atomic E-state index is 0.175. The molecule has 0 saturated heterocycles. The van der Waals surface area contributed by atoms with Crippen molar-refractivity contribution < 1.29 is 14.3 Å². The molecule has 0 atom stereocenters. The number of Topliss-reactive ketones (excluding diaryl/α,β-unsaturated/α-hetero) is 1. The number of benzene rings is 3. The lowest BCUT2D eigenvalue weighted by molar-refractivity contribution is 0.106. The van der Waals surface area contributed by atoms with Gasteiger partial charge in [0.1, 0.15) is 18.9 Å². The molecule has 3 aromatic carbocycles. The Hall–Kier alpha value is -3.73. The molecule has 0 aromatic heterocycles. The normalized spacial score (nSPS) is 13.5. The fraction of sp³-hybridized carbons (Fsp3) is 0.0870. The Morgan fingerprint density at radius 3 is 2.14 bits per heavy atom. The van der Waals surface area contributed by atoms with E-state index >= 15 is 0 Å². The van der Waals surface area contributed by atoms with Gasteiger partial charge < -0.3 is 9.47 Å². The number of nitrogens with zero attached hydrogens (tertiary/aromatic N) is 2. The maximum Gasteiger partial charge on any atom is 0.213 e. The largest absolute Gasteiger partial charge is 0.486 e. The number of carbonyl (C=O) groups is 1. The van der Waals surface area contributed by atoms with E-state index in [2.05, 4.69) is 10.2 Å². The van der Waals surface area contributed by atoms with Crippen LogP contribution in [0.1, 0.15) is 21.5 Å². The Morgan fingerprint density at radius 2 is 1.43 bits per heavy atom. The summed E-state index contributed by atoms with van der Waals surface area (Å²) in [5, 5.41) is 8.40. The van der Waals surface area contributed by atoms with Crippen molar-refractivity contribution in [2.24, 2.45) is 10.2 Å². The highest BCUT2D eigenvalue weighted by Gasteiger charge is 2.16. The Labute approximate surface area is 163 Å². The summed E-state index contributed by atoms with van der Waals surface area (Å²) in [5.74, 6) is 1.23. The molecule has 1 aliphatic rings. The Bertz CT molecular complexity index is 1030. The predicted octanol–water partition coefficient (Wildman–Crippen LogP) is 4.16. The lowest BCUT2D eigenvalue weighted by atomic mass is 10.0. The summed E-state index contributed by atoms with van der Waals surface area (Å²) in [6, 6.07) is 23.9. The van der Waals surface area contributed by atoms with Crippen molar-refractivity contribution in [2.45, 2.75) is 0 Å². The monoisotopic (exact) mass is 370 g/mol. The van der Waals surface area contributed by atoms with Crippen LogP contribution in [0.15, 0.2) is 89.1 Å². The summed E-state index contributed by atoms with van der Waals surface area (Å²) >= 11 is 0. The molecule has 0 saturated carbocycles. The second kappa shape index (κ2) is 8.31. The third kappa shape index (κ3) is 3.99. The van der Waals surface area contributed by atoms with E-state index in [0.717, 1.165) is 16.9 Å². The van der Waals surface area contributed by atoms with E-state index in [0.29, 0.717) is 30.2 Å². The molecule has 0 amide bonds. The molecule has 0 fully saturated rings. The Kier molecular flexibility index (Phi) is 5.24. The van der Waals surface area contributed by atoms with Gasteiger partial charge in [0.25, 0.3) is 0 Å². The number of ketones is 1. The van der Waals surface area contributed by atoms with E-state index in [4.69, 9.17) is 9.47 Å². The second-order valence-electron chi connectivity index (χ2n) is 6.16. The van der Waals surface area contributed by atoms with Gasteiger partial charge in [0.05, 0.1) is 6.21 Å². The van der Waals surface area contributed by atoms with E-state index in [1.807, 2.05) is 66.7 Å². The van der Waals surface area contributed by atoms with Crippen molar-refractivity contribution in [2.75, 3.05) is 13.2 Å². The number of hydrogen-bond acceptors (Lipinski definition) is 5. The van der Waals surface area contributed by atoms with Crippen LogP contribution in [0.3, 0.4) is 0 Å². The summed E-state index contributed by atoms with van der Waals surface area (Å²) in [6.45, 7) is 1.07. The average Bonchev–Trinajstić information content (AvgIpc) is 2.77. The van der Waals surface area contributed by atoms with E-state index < -0.39 is 0 Å². The van der Waals surface area contributed by atoms with Crippen LogP contribution in [-0.2, 0) is 0 Å². The Balaban J connectivity index is 1.64. The molecular formula is C23H18N2O3. The van der Waals surface area contributed by atoms with E-state index in [-0.39, 0.29) is 5.78 Å². The third-order valence-corrected chi connectivity index (χ3v) is 4.23. The van der Waals surface area contributed by atoms with Gasteiger partial charge in [0, 0.05) is 11.1 Å². The number of hydrogen-bond donors (Lipinski definition) is 0. The summed E-state index contributed by atoms with van der Waals surface area (Å²) in [7, 11) is 0. The van der Waals surface area contributed by atoms with Crippen molar-refractivity contribution in [3.05, 3.63) is 95.6 Å². The van der Waals surface area contributed by atoms with Gasteiger partial charge in [-0.05, 0) is 23.8 Å². The molecular weight excluding hydrogens is 352 g/mol. The molecule has 1 aliphatic heterocycles. The average molecular weight is 370 g/mol. The van der Waals surface area contributed by atoms with Gasteiger partial charge in [-0.15, -0.1) is 5.10 Å². The van der Waals surface area contributed by atoms with Gasteiger partial charge in [-0.2, -0.15) is 5.10 Å². The molecule has 5 nitrogen and oxygen atoms in total.